The van der Waals surface area contributed by atoms with Crippen LogP contribution in [0.3, 0.4) is 0 Å². The Bertz CT molecular complexity index is 1220. The quantitative estimate of drug-likeness (QED) is 0.195. The third-order valence-electron chi connectivity index (χ3n) is 5.22. The lowest BCUT2D eigenvalue weighted by atomic mass is 10.1. The van der Waals surface area contributed by atoms with Gasteiger partial charge in [0.05, 0.1) is 6.10 Å². The molecule has 0 bridgehead atoms. The van der Waals surface area contributed by atoms with E-state index in [1.807, 2.05) is 30.3 Å². The molecule has 35 heavy (non-hydrogen) atoms. The van der Waals surface area contributed by atoms with Crippen molar-refractivity contribution in [3.63, 3.8) is 0 Å². The third kappa shape index (κ3) is 7.48. The number of amides is 2. The first kappa shape index (κ1) is 25.6. The lowest BCUT2D eigenvalue weighted by molar-refractivity contribution is -0.133. The van der Waals surface area contributed by atoms with E-state index in [4.69, 9.17) is 5.21 Å². The summed E-state index contributed by atoms with van der Waals surface area (Å²) in [5.74, 6) is 4.38. The smallest absolute Gasteiger partial charge is 0.268 e. The molecule has 0 aliphatic carbocycles. The number of hydrogen-bond acceptors (Lipinski definition) is 5. The molecule has 3 rings (SSSR count). The number of halogens is 1. The summed E-state index contributed by atoms with van der Waals surface area (Å²) in [6, 6.07) is 19.5. The van der Waals surface area contributed by atoms with Gasteiger partial charge in [0.2, 0.25) is 0 Å². The van der Waals surface area contributed by atoms with Crippen LogP contribution >= 0.6 is 0 Å². The van der Waals surface area contributed by atoms with Gasteiger partial charge in [0.25, 0.3) is 11.8 Å². The van der Waals surface area contributed by atoms with Crippen molar-refractivity contribution in [3.8, 4) is 11.8 Å². The van der Waals surface area contributed by atoms with Crippen molar-refractivity contribution in [2.45, 2.75) is 32.2 Å². The molecule has 2 atom stereocenters. The van der Waals surface area contributed by atoms with E-state index in [0.717, 1.165) is 11.1 Å². The van der Waals surface area contributed by atoms with Gasteiger partial charge >= 0.3 is 0 Å². The summed E-state index contributed by atoms with van der Waals surface area (Å²) in [5.41, 5.74) is 4.88. The molecular weight excluding hydrogens is 449 g/mol. The van der Waals surface area contributed by atoms with Crippen molar-refractivity contribution in [1.29, 1.82) is 0 Å². The second-order valence-corrected chi connectivity index (χ2v) is 7.89. The highest BCUT2D eigenvalue weighted by Gasteiger charge is 2.25. The predicted octanol–water partition coefficient (Wildman–Crippen LogP) is 2.50. The van der Waals surface area contributed by atoms with Crippen LogP contribution in [-0.4, -0.2) is 34.3 Å². The first-order valence-corrected chi connectivity index (χ1v) is 11.0. The van der Waals surface area contributed by atoms with Crippen LogP contribution in [0.5, 0.6) is 0 Å². The van der Waals surface area contributed by atoms with Crippen LogP contribution in [0.2, 0.25) is 0 Å². The Morgan fingerprint density at radius 2 is 1.51 bits per heavy atom. The minimum atomic E-state index is -1.29. The summed E-state index contributed by atoms with van der Waals surface area (Å²) in [7, 11) is 0. The molecule has 7 nitrogen and oxygen atoms in total. The van der Waals surface area contributed by atoms with Gasteiger partial charge < -0.3 is 15.7 Å². The average Bonchev–Trinajstić information content (AvgIpc) is 2.87. The molecule has 2 amide bonds. The largest absolute Gasteiger partial charge is 0.391 e. The molecule has 0 aromatic heterocycles. The summed E-state index contributed by atoms with van der Waals surface area (Å²) in [5, 5.41) is 24.0. The van der Waals surface area contributed by atoms with Gasteiger partial charge in [-0.2, -0.15) is 0 Å². The van der Waals surface area contributed by atoms with Gasteiger partial charge in [-0.25, -0.2) is 9.87 Å². The van der Waals surface area contributed by atoms with Crippen molar-refractivity contribution in [2.75, 3.05) is 0 Å². The van der Waals surface area contributed by atoms with Gasteiger partial charge in [0, 0.05) is 35.3 Å². The van der Waals surface area contributed by atoms with Crippen LogP contribution in [0.1, 0.15) is 39.5 Å². The maximum absolute atomic E-state index is 13.7. The Morgan fingerprint density at radius 3 is 2.09 bits per heavy atom. The fraction of sp³-hybridized carbons (Fsp3) is 0.185. The second-order valence-electron chi connectivity index (χ2n) is 7.89. The van der Waals surface area contributed by atoms with Crippen LogP contribution in [-0.2, 0) is 17.9 Å². The molecule has 0 saturated carbocycles. The molecule has 180 valence electrons. The van der Waals surface area contributed by atoms with E-state index in [-0.39, 0.29) is 11.4 Å². The molecule has 0 radical (unpaired) electrons. The fourth-order valence-electron chi connectivity index (χ4n) is 3.24. The zero-order valence-corrected chi connectivity index (χ0v) is 19.1. The number of aliphatic hydroxyl groups excluding tert-OH is 1. The molecule has 0 spiro atoms. The van der Waals surface area contributed by atoms with E-state index in [9.17, 15) is 19.1 Å². The van der Waals surface area contributed by atoms with Gasteiger partial charge in [-0.05, 0) is 55.0 Å². The normalized spacial score (nSPS) is 12.1. The van der Waals surface area contributed by atoms with Crippen LogP contribution in [0.4, 0.5) is 4.39 Å². The Labute approximate surface area is 203 Å². The van der Waals surface area contributed by atoms with E-state index < -0.39 is 24.0 Å². The topological polar surface area (TPSA) is 111 Å². The highest BCUT2D eigenvalue weighted by Crippen LogP contribution is 2.09. The van der Waals surface area contributed by atoms with E-state index in [1.165, 1.54) is 18.5 Å². The SMILES string of the molecule is C[C@@H](O)[C@H](NC(=O)c1ccc(C#Cc2ccc(CNCc3ccccc3F)cc2)cc1)C(=O)NO. The van der Waals surface area contributed by atoms with Crippen LogP contribution in [0, 0.1) is 17.7 Å². The Hall–Kier alpha value is -4.03. The monoisotopic (exact) mass is 475 g/mol. The highest BCUT2D eigenvalue weighted by atomic mass is 19.1. The third-order valence-corrected chi connectivity index (χ3v) is 5.22. The summed E-state index contributed by atoms with van der Waals surface area (Å²) < 4.78 is 13.7. The first-order chi connectivity index (χ1) is 16.9. The van der Waals surface area contributed by atoms with Crippen molar-refractivity contribution in [2.24, 2.45) is 0 Å². The molecule has 8 heteroatoms. The molecule has 0 saturated heterocycles. The number of benzene rings is 3. The molecule has 0 heterocycles. The number of hydrogen-bond donors (Lipinski definition) is 5. The van der Waals surface area contributed by atoms with Crippen molar-refractivity contribution >= 4 is 11.8 Å². The van der Waals surface area contributed by atoms with Crippen LogP contribution in [0.25, 0.3) is 0 Å². The molecule has 0 unspecified atom stereocenters. The number of carbonyl (C=O) groups excluding carboxylic acids is 2. The average molecular weight is 476 g/mol. The minimum absolute atomic E-state index is 0.225. The Morgan fingerprint density at radius 1 is 0.914 bits per heavy atom. The maximum atomic E-state index is 13.7. The minimum Gasteiger partial charge on any atom is -0.391 e. The highest BCUT2D eigenvalue weighted by molar-refractivity contribution is 5.97. The second kappa shape index (κ2) is 12.4. The first-order valence-electron chi connectivity index (χ1n) is 11.0. The predicted molar refractivity (Wildman–Crippen MR) is 129 cm³/mol. The Balaban J connectivity index is 1.55. The number of hydroxylamine groups is 1. The van der Waals surface area contributed by atoms with Crippen molar-refractivity contribution in [3.05, 3.63) is 106 Å². The van der Waals surface area contributed by atoms with E-state index >= 15 is 0 Å². The summed E-state index contributed by atoms with van der Waals surface area (Å²) in [6.45, 7) is 2.37. The summed E-state index contributed by atoms with van der Waals surface area (Å²) >= 11 is 0. The number of aliphatic hydroxyl groups is 1. The van der Waals surface area contributed by atoms with Gasteiger partial charge in [-0.1, -0.05) is 42.2 Å². The van der Waals surface area contributed by atoms with Gasteiger partial charge in [0.1, 0.15) is 11.9 Å². The maximum Gasteiger partial charge on any atom is 0.268 e. The Kier molecular flexibility index (Phi) is 9.09. The zero-order chi connectivity index (χ0) is 25.2. The van der Waals surface area contributed by atoms with E-state index in [0.29, 0.717) is 24.2 Å². The summed E-state index contributed by atoms with van der Waals surface area (Å²) in [6.07, 6.45) is -1.19. The molecule has 0 fully saturated rings. The van der Waals surface area contributed by atoms with Gasteiger partial charge in [0.15, 0.2) is 0 Å². The summed E-state index contributed by atoms with van der Waals surface area (Å²) in [4.78, 5) is 23.9. The van der Waals surface area contributed by atoms with Crippen LogP contribution < -0.4 is 16.1 Å². The van der Waals surface area contributed by atoms with Crippen molar-refractivity contribution in [1.82, 2.24) is 16.1 Å². The zero-order valence-electron chi connectivity index (χ0n) is 19.1. The lowest BCUT2D eigenvalue weighted by Gasteiger charge is -2.19. The molecular formula is C27H26FN3O4. The van der Waals surface area contributed by atoms with E-state index in [1.54, 1.807) is 36.4 Å². The lowest BCUT2D eigenvalue weighted by Crippen LogP contribution is -2.51. The van der Waals surface area contributed by atoms with Crippen LogP contribution in [0.15, 0.2) is 72.8 Å². The number of nitrogens with one attached hydrogen (secondary N) is 3. The fourth-order valence-corrected chi connectivity index (χ4v) is 3.24. The van der Waals surface area contributed by atoms with Gasteiger partial charge in [-0.3, -0.25) is 14.8 Å². The molecule has 3 aromatic rings. The molecule has 0 aliphatic rings. The molecule has 3 aromatic carbocycles. The molecule has 5 N–H and O–H groups in total. The number of rotatable bonds is 8. The van der Waals surface area contributed by atoms with Gasteiger partial charge in [-0.15, -0.1) is 0 Å². The standard InChI is InChI=1S/C27H26FN3O4/c1-18(32)25(27(34)31-35)30-26(33)22-14-12-20(13-15-22)7-6-19-8-10-21(11-9-19)16-29-17-23-4-2-3-5-24(23)28/h2-5,8-15,18,25,29,32,35H,16-17H2,1H3,(H,30,33)(H,31,34)/t18-,25+/m1/s1. The van der Waals surface area contributed by atoms with E-state index in [2.05, 4.69) is 22.5 Å². The van der Waals surface area contributed by atoms with Crippen molar-refractivity contribution < 1.29 is 24.3 Å². The number of carbonyl (C=O) groups is 2. The molecule has 0 aliphatic heterocycles.